The molecule has 1 aromatic carbocycles. The van der Waals surface area contributed by atoms with E-state index in [-0.39, 0.29) is 13.2 Å². The van der Waals surface area contributed by atoms with Gasteiger partial charge in [0.2, 0.25) is 0 Å². The molecule has 0 aromatic heterocycles. The van der Waals surface area contributed by atoms with Crippen LogP contribution in [0, 0.1) is 0 Å². The summed E-state index contributed by atoms with van der Waals surface area (Å²) in [6.07, 6.45) is -0.633. The second-order valence-electron chi connectivity index (χ2n) is 3.33. The number of rotatable bonds is 6. The fourth-order valence-electron chi connectivity index (χ4n) is 1.11. The van der Waals surface area contributed by atoms with Gasteiger partial charge in [-0.1, -0.05) is 24.3 Å². The first kappa shape index (κ1) is 12.5. The maximum absolute atomic E-state index is 9.11. The van der Waals surface area contributed by atoms with E-state index < -0.39 is 6.10 Å². The molecular weight excluding hydrogens is 212 g/mol. The normalized spacial score (nSPS) is 12.7. The van der Waals surface area contributed by atoms with Crippen molar-refractivity contribution in [1.82, 2.24) is 0 Å². The fourth-order valence-corrected chi connectivity index (χ4v) is 2.03. The Morgan fingerprint density at radius 2 is 1.67 bits per heavy atom. The van der Waals surface area contributed by atoms with Gasteiger partial charge in [0.1, 0.15) is 0 Å². The molecule has 0 saturated carbocycles. The van der Waals surface area contributed by atoms with E-state index in [1.807, 2.05) is 24.3 Å². The summed E-state index contributed by atoms with van der Waals surface area (Å²) >= 11 is 1.58. The fraction of sp³-hybridized carbons (Fsp3) is 0.455. The van der Waals surface area contributed by atoms with Crippen molar-refractivity contribution >= 4 is 11.8 Å². The van der Waals surface area contributed by atoms with Gasteiger partial charge < -0.3 is 15.3 Å². The lowest BCUT2D eigenvalue weighted by Crippen LogP contribution is -2.14. The van der Waals surface area contributed by atoms with E-state index in [0.29, 0.717) is 5.75 Å². The molecular formula is C11H16O3S. The first-order chi connectivity index (χ1) is 7.26. The maximum Gasteiger partial charge on any atom is 0.0861 e. The summed E-state index contributed by atoms with van der Waals surface area (Å²) in [5.74, 6) is 1.35. The molecule has 0 heterocycles. The first-order valence-corrected chi connectivity index (χ1v) is 5.97. The molecule has 15 heavy (non-hydrogen) atoms. The average molecular weight is 228 g/mol. The van der Waals surface area contributed by atoms with E-state index in [4.69, 9.17) is 15.3 Å². The average Bonchev–Trinajstić information content (AvgIpc) is 2.29. The van der Waals surface area contributed by atoms with Crippen molar-refractivity contribution in [2.45, 2.75) is 18.5 Å². The number of thioether (sulfide) groups is 1. The van der Waals surface area contributed by atoms with Gasteiger partial charge in [-0.25, -0.2) is 0 Å². The van der Waals surface area contributed by atoms with Crippen LogP contribution in [0.2, 0.25) is 0 Å². The van der Waals surface area contributed by atoms with Gasteiger partial charge in [-0.15, -0.1) is 0 Å². The molecule has 1 atom stereocenters. The molecule has 0 amide bonds. The lowest BCUT2D eigenvalue weighted by molar-refractivity contribution is 0.113. The van der Waals surface area contributed by atoms with Crippen LogP contribution in [0.5, 0.6) is 0 Å². The van der Waals surface area contributed by atoms with Crippen LogP contribution in [0.3, 0.4) is 0 Å². The lowest BCUT2D eigenvalue weighted by atomic mass is 10.2. The van der Waals surface area contributed by atoms with Crippen LogP contribution >= 0.6 is 11.8 Å². The Hall–Kier alpha value is -0.550. The van der Waals surface area contributed by atoms with E-state index in [1.54, 1.807) is 11.8 Å². The summed E-state index contributed by atoms with van der Waals surface area (Å²) in [7, 11) is 0. The highest BCUT2D eigenvalue weighted by molar-refractivity contribution is 7.98. The van der Waals surface area contributed by atoms with Crippen LogP contribution in [-0.4, -0.2) is 33.8 Å². The van der Waals surface area contributed by atoms with Crippen molar-refractivity contribution in [3.63, 3.8) is 0 Å². The Labute approximate surface area is 93.8 Å². The molecule has 0 spiro atoms. The summed E-state index contributed by atoms with van der Waals surface area (Å²) in [4.78, 5) is 0. The van der Waals surface area contributed by atoms with Gasteiger partial charge in [0, 0.05) is 11.5 Å². The van der Waals surface area contributed by atoms with Crippen LogP contribution in [0.4, 0.5) is 0 Å². The quantitative estimate of drug-likeness (QED) is 0.673. The molecule has 84 valence electrons. The number of aliphatic hydroxyl groups is 3. The van der Waals surface area contributed by atoms with Crippen LogP contribution in [0.1, 0.15) is 11.1 Å². The van der Waals surface area contributed by atoms with Gasteiger partial charge in [-0.05, 0) is 11.1 Å². The van der Waals surface area contributed by atoms with E-state index in [1.165, 1.54) is 0 Å². The Morgan fingerprint density at radius 1 is 1.07 bits per heavy atom. The second kappa shape index (κ2) is 6.85. The molecule has 1 rings (SSSR count). The molecule has 0 aliphatic rings. The van der Waals surface area contributed by atoms with Gasteiger partial charge in [-0.3, -0.25) is 0 Å². The molecule has 0 fully saturated rings. The Kier molecular flexibility index (Phi) is 5.71. The molecule has 1 aromatic rings. The van der Waals surface area contributed by atoms with Crippen molar-refractivity contribution in [3.8, 4) is 0 Å². The first-order valence-electron chi connectivity index (χ1n) is 4.81. The van der Waals surface area contributed by atoms with Crippen molar-refractivity contribution in [2.75, 3.05) is 12.4 Å². The third-order valence-electron chi connectivity index (χ3n) is 2.00. The topological polar surface area (TPSA) is 60.7 Å². The summed E-state index contributed by atoms with van der Waals surface area (Å²) in [5.41, 5.74) is 2.06. The summed E-state index contributed by atoms with van der Waals surface area (Å²) < 4.78 is 0. The lowest BCUT2D eigenvalue weighted by Gasteiger charge is -2.06. The van der Waals surface area contributed by atoms with E-state index in [9.17, 15) is 0 Å². The Morgan fingerprint density at radius 3 is 2.20 bits per heavy atom. The molecule has 4 heteroatoms. The zero-order valence-corrected chi connectivity index (χ0v) is 9.28. The number of benzene rings is 1. The largest absolute Gasteiger partial charge is 0.394 e. The van der Waals surface area contributed by atoms with Crippen LogP contribution in [-0.2, 0) is 12.4 Å². The van der Waals surface area contributed by atoms with Gasteiger partial charge in [0.05, 0.1) is 19.3 Å². The van der Waals surface area contributed by atoms with Gasteiger partial charge in [-0.2, -0.15) is 11.8 Å². The number of hydrogen-bond donors (Lipinski definition) is 3. The monoisotopic (exact) mass is 228 g/mol. The van der Waals surface area contributed by atoms with Crippen molar-refractivity contribution in [2.24, 2.45) is 0 Å². The zero-order valence-electron chi connectivity index (χ0n) is 8.47. The minimum Gasteiger partial charge on any atom is -0.394 e. The molecule has 0 bridgehead atoms. The zero-order chi connectivity index (χ0) is 11.1. The maximum atomic E-state index is 9.11. The third kappa shape index (κ3) is 4.66. The minimum absolute atomic E-state index is 0.0661. The van der Waals surface area contributed by atoms with E-state index in [0.717, 1.165) is 16.9 Å². The van der Waals surface area contributed by atoms with Crippen LogP contribution in [0.15, 0.2) is 24.3 Å². The van der Waals surface area contributed by atoms with Crippen LogP contribution < -0.4 is 0 Å². The predicted molar refractivity (Wildman–Crippen MR) is 61.6 cm³/mol. The molecule has 3 nitrogen and oxygen atoms in total. The smallest absolute Gasteiger partial charge is 0.0861 e. The molecule has 0 aliphatic carbocycles. The van der Waals surface area contributed by atoms with Gasteiger partial charge in [0.25, 0.3) is 0 Å². The summed E-state index contributed by atoms with van der Waals surface area (Å²) in [5, 5.41) is 26.6. The highest BCUT2D eigenvalue weighted by atomic mass is 32.2. The highest BCUT2D eigenvalue weighted by Gasteiger charge is 2.01. The van der Waals surface area contributed by atoms with Crippen molar-refractivity contribution in [3.05, 3.63) is 35.4 Å². The minimum atomic E-state index is -0.633. The number of hydrogen-bond acceptors (Lipinski definition) is 4. The summed E-state index contributed by atoms with van der Waals surface area (Å²) in [6.45, 7) is -0.118. The second-order valence-corrected chi connectivity index (χ2v) is 4.36. The highest BCUT2D eigenvalue weighted by Crippen LogP contribution is 2.14. The van der Waals surface area contributed by atoms with Crippen LogP contribution in [0.25, 0.3) is 0 Å². The molecule has 0 saturated heterocycles. The van der Waals surface area contributed by atoms with Crippen molar-refractivity contribution in [1.29, 1.82) is 0 Å². The number of aliphatic hydroxyl groups excluding tert-OH is 3. The van der Waals surface area contributed by atoms with Gasteiger partial charge >= 0.3 is 0 Å². The molecule has 3 N–H and O–H groups in total. The summed E-state index contributed by atoms with van der Waals surface area (Å²) in [6, 6.07) is 7.70. The van der Waals surface area contributed by atoms with E-state index in [2.05, 4.69) is 0 Å². The molecule has 0 radical (unpaired) electrons. The van der Waals surface area contributed by atoms with E-state index >= 15 is 0 Å². The van der Waals surface area contributed by atoms with Gasteiger partial charge in [0.15, 0.2) is 0 Å². The molecule has 1 unspecified atom stereocenters. The molecule has 0 aliphatic heterocycles. The Bertz CT molecular complexity index is 274. The van der Waals surface area contributed by atoms with Crippen molar-refractivity contribution < 1.29 is 15.3 Å². The predicted octanol–water partition coefficient (Wildman–Crippen LogP) is 0.765. The SMILES string of the molecule is OCc1ccc(CSCC(O)CO)cc1. The standard InChI is InChI=1S/C11H16O3S/c12-5-9-1-3-10(4-2-9)7-15-8-11(14)6-13/h1-4,11-14H,5-8H2. The third-order valence-corrected chi connectivity index (χ3v) is 3.15. The Balaban J connectivity index is 2.31.